The molecular weight excluding hydrogens is 236 g/mol. The largest absolute Gasteiger partial charge is 0.394 e. The summed E-state index contributed by atoms with van der Waals surface area (Å²) in [6.07, 6.45) is -7.11. The predicted octanol–water partition coefficient (Wildman–Crippen LogP) is -2.81. The number of rotatable bonds is 7. The van der Waals surface area contributed by atoms with Gasteiger partial charge in [0.05, 0.1) is 19.1 Å². The third-order valence-corrected chi connectivity index (χ3v) is 2.06. The Labute approximate surface area is 96.8 Å². The highest BCUT2D eigenvalue weighted by Crippen LogP contribution is 2.07. The molecule has 0 aromatic rings. The zero-order chi connectivity index (χ0) is 13.6. The van der Waals surface area contributed by atoms with Crippen LogP contribution in [0.4, 0.5) is 0 Å². The van der Waals surface area contributed by atoms with Crippen molar-refractivity contribution in [3.63, 3.8) is 0 Å². The van der Waals surface area contributed by atoms with Gasteiger partial charge in [0.2, 0.25) is 5.91 Å². The van der Waals surface area contributed by atoms with Crippen molar-refractivity contribution in [2.45, 2.75) is 37.8 Å². The van der Waals surface area contributed by atoms with E-state index in [1.54, 1.807) is 0 Å². The Morgan fingerprint density at radius 2 is 1.88 bits per heavy atom. The number of carbonyl (C=O) groups excluding carboxylic acids is 1. The molecule has 0 saturated carbocycles. The molecule has 5 N–H and O–H groups in total. The first-order valence-electron chi connectivity index (χ1n) is 4.85. The zero-order valence-electron chi connectivity index (χ0n) is 9.18. The van der Waals surface area contributed by atoms with E-state index in [-0.39, 0.29) is 0 Å². The van der Waals surface area contributed by atoms with E-state index in [1.165, 1.54) is 0 Å². The molecule has 0 radical (unpaired) electrons. The van der Waals surface area contributed by atoms with E-state index in [0.717, 1.165) is 6.92 Å². The second kappa shape index (κ2) is 7.12. The minimum absolute atomic E-state index is 0.579. The fraction of sp³-hybridized carbons (Fsp3) is 0.875. The van der Waals surface area contributed by atoms with Crippen molar-refractivity contribution >= 4 is 5.91 Å². The Morgan fingerprint density at radius 3 is 2.24 bits per heavy atom. The third-order valence-electron chi connectivity index (χ3n) is 2.06. The molecule has 9 heteroatoms. The van der Waals surface area contributed by atoms with Gasteiger partial charge in [-0.1, -0.05) is 0 Å². The first-order valence-corrected chi connectivity index (χ1v) is 4.85. The summed E-state index contributed by atoms with van der Waals surface area (Å²) >= 11 is 0. The predicted molar refractivity (Wildman–Crippen MR) is 54.3 cm³/mol. The van der Waals surface area contributed by atoms with E-state index in [2.05, 4.69) is 0 Å². The van der Waals surface area contributed by atoms with Crippen LogP contribution in [0, 0.1) is 10.1 Å². The fourth-order valence-electron chi connectivity index (χ4n) is 1.16. The molecule has 1 amide bonds. The lowest BCUT2D eigenvalue weighted by Gasteiger charge is -2.22. The number of aliphatic hydroxyl groups is 4. The highest BCUT2D eigenvalue weighted by molar-refractivity contribution is 5.72. The van der Waals surface area contributed by atoms with Crippen LogP contribution in [0.15, 0.2) is 0 Å². The summed E-state index contributed by atoms with van der Waals surface area (Å²) in [4.78, 5) is 20.3. The molecule has 0 aromatic heterocycles. The molecule has 0 bridgehead atoms. The van der Waals surface area contributed by atoms with Gasteiger partial charge in [-0.05, 0) is 0 Å². The minimum atomic E-state index is -1.73. The van der Waals surface area contributed by atoms with Crippen LogP contribution in [0.1, 0.15) is 13.3 Å². The zero-order valence-corrected chi connectivity index (χ0v) is 9.18. The summed E-state index contributed by atoms with van der Waals surface area (Å²) in [7, 11) is 0. The minimum Gasteiger partial charge on any atom is -0.394 e. The molecule has 4 unspecified atom stereocenters. The summed E-state index contributed by atoms with van der Waals surface area (Å²) in [6, 6.07) is 0. The number of nitrogens with zero attached hydrogens (tertiary/aromatic N) is 1. The number of nitrogens with one attached hydrogen (secondary N) is 1. The van der Waals surface area contributed by atoms with Crippen LogP contribution in [0.5, 0.6) is 0 Å². The lowest BCUT2D eigenvalue weighted by Crippen LogP contribution is -2.47. The van der Waals surface area contributed by atoms with Gasteiger partial charge >= 0.3 is 0 Å². The van der Waals surface area contributed by atoms with Gasteiger partial charge in [0.15, 0.2) is 0 Å². The number of hydrogen-bond acceptors (Lipinski definition) is 7. The average molecular weight is 252 g/mol. The van der Waals surface area contributed by atoms with E-state index in [1.807, 2.05) is 5.32 Å². The highest BCUT2D eigenvalue weighted by atomic mass is 16.6. The normalized spacial score (nSPS) is 17.9. The van der Waals surface area contributed by atoms with Gasteiger partial charge in [-0.15, -0.1) is 0 Å². The smallest absolute Gasteiger partial charge is 0.289 e. The van der Waals surface area contributed by atoms with E-state index in [9.17, 15) is 25.1 Å². The topological polar surface area (TPSA) is 153 Å². The van der Waals surface area contributed by atoms with Gasteiger partial charge in [0, 0.05) is 11.8 Å². The first-order chi connectivity index (χ1) is 7.79. The Kier molecular flexibility index (Phi) is 6.58. The summed E-state index contributed by atoms with van der Waals surface area (Å²) in [6.45, 7) is 0.281. The van der Waals surface area contributed by atoms with Crippen LogP contribution in [0.3, 0.4) is 0 Å². The van der Waals surface area contributed by atoms with Crippen molar-refractivity contribution < 1.29 is 30.1 Å². The number of aliphatic hydroxyl groups excluding tert-OH is 4. The molecule has 0 aliphatic carbocycles. The van der Waals surface area contributed by atoms with Crippen LogP contribution in [-0.2, 0) is 4.79 Å². The lowest BCUT2D eigenvalue weighted by atomic mass is 10.0. The Hall–Kier alpha value is -1.29. The average Bonchev–Trinajstić information content (AvgIpc) is 2.25. The maximum Gasteiger partial charge on any atom is 0.289 e. The third kappa shape index (κ3) is 5.54. The van der Waals surface area contributed by atoms with Crippen LogP contribution in [-0.4, -0.2) is 62.3 Å². The SMILES string of the molecule is CC(=O)NC(CC(O)C(O)C(O)CO)[N+](=O)[O-]. The molecule has 0 aliphatic heterocycles. The van der Waals surface area contributed by atoms with Gasteiger partial charge in [-0.3, -0.25) is 20.2 Å². The van der Waals surface area contributed by atoms with Crippen molar-refractivity contribution in [3.8, 4) is 0 Å². The molecule has 0 aromatic carbocycles. The molecular formula is C8H16N2O7. The lowest BCUT2D eigenvalue weighted by molar-refractivity contribution is -0.530. The summed E-state index contributed by atoms with van der Waals surface area (Å²) in [5.74, 6) is -0.656. The van der Waals surface area contributed by atoms with Crippen LogP contribution in [0.2, 0.25) is 0 Å². The molecule has 0 heterocycles. The first kappa shape index (κ1) is 15.7. The fourth-order valence-corrected chi connectivity index (χ4v) is 1.16. The van der Waals surface area contributed by atoms with Gasteiger partial charge in [0.25, 0.3) is 6.17 Å². The number of carbonyl (C=O) groups is 1. The van der Waals surface area contributed by atoms with Gasteiger partial charge in [-0.2, -0.15) is 0 Å². The molecule has 4 atom stereocenters. The van der Waals surface area contributed by atoms with Gasteiger partial charge in [-0.25, -0.2) is 0 Å². The second-order valence-corrected chi connectivity index (χ2v) is 3.55. The Morgan fingerprint density at radius 1 is 1.35 bits per heavy atom. The van der Waals surface area contributed by atoms with Gasteiger partial charge < -0.3 is 20.4 Å². The number of amides is 1. The van der Waals surface area contributed by atoms with E-state index in [0.29, 0.717) is 0 Å². The van der Waals surface area contributed by atoms with Crippen LogP contribution < -0.4 is 5.32 Å². The summed E-state index contributed by atoms with van der Waals surface area (Å²) in [5, 5.41) is 48.6. The van der Waals surface area contributed by atoms with Crippen molar-refractivity contribution in [2.75, 3.05) is 6.61 Å². The summed E-state index contributed by atoms with van der Waals surface area (Å²) in [5.41, 5.74) is 0. The van der Waals surface area contributed by atoms with Crippen molar-refractivity contribution in [1.29, 1.82) is 0 Å². The maximum absolute atomic E-state index is 10.7. The molecule has 0 saturated heterocycles. The Bertz CT molecular complexity index is 273. The number of nitro groups is 1. The standard InChI is InChI=1S/C8H16N2O7/c1-4(12)9-7(10(16)17)2-5(13)8(15)6(14)3-11/h5-8,11,13-15H,2-3H2,1H3,(H,9,12). The maximum atomic E-state index is 10.7. The molecule has 100 valence electrons. The number of hydrogen-bond donors (Lipinski definition) is 5. The second-order valence-electron chi connectivity index (χ2n) is 3.55. The van der Waals surface area contributed by atoms with Crippen LogP contribution >= 0.6 is 0 Å². The molecule has 0 aliphatic rings. The monoisotopic (exact) mass is 252 g/mol. The van der Waals surface area contributed by atoms with Crippen molar-refractivity contribution in [1.82, 2.24) is 5.32 Å². The van der Waals surface area contributed by atoms with E-state index >= 15 is 0 Å². The van der Waals surface area contributed by atoms with Crippen molar-refractivity contribution in [2.24, 2.45) is 0 Å². The summed E-state index contributed by atoms with van der Waals surface area (Å²) < 4.78 is 0. The molecule has 17 heavy (non-hydrogen) atoms. The van der Waals surface area contributed by atoms with Crippen molar-refractivity contribution in [3.05, 3.63) is 10.1 Å². The molecule has 0 rings (SSSR count). The quantitative estimate of drug-likeness (QED) is 0.186. The Balaban J connectivity index is 4.44. The molecule has 0 fully saturated rings. The van der Waals surface area contributed by atoms with Gasteiger partial charge in [0.1, 0.15) is 12.2 Å². The van der Waals surface area contributed by atoms with Crippen LogP contribution in [0.25, 0.3) is 0 Å². The molecule has 9 nitrogen and oxygen atoms in total. The highest BCUT2D eigenvalue weighted by Gasteiger charge is 2.31. The van der Waals surface area contributed by atoms with E-state index in [4.69, 9.17) is 10.2 Å². The molecule has 0 spiro atoms. The van der Waals surface area contributed by atoms with E-state index < -0.39 is 48.3 Å².